The lowest BCUT2D eigenvalue weighted by molar-refractivity contribution is 0.357. The molecule has 0 radical (unpaired) electrons. The molecule has 1 unspecified atom stereocenters. The Kier molecular flexibility index (Phi) is 2.62. The van der Waals surface area contributed by atoms with Gasteiger partial charge in [0.25, 0.3) is 0 Å². The molecule has 0 saturated heterocycles. The maximum absolute atomic E-state index is 6.44. The van der Waals surface area contributed by atoms with Crippen molar-refractivity contribution in [1.82, 2.24) is 0 Å². The first-order chi connectivity index (χ1) is 7.84. The monoisotopic (exact) mass is 250 g/mol. The standard InChI is InChI=1S/C13H11ClOS/c14-13(12-2-1-7-16-12)10-3-4-11-9(8-10)5-6-15-11/h1-4,7-8,13H,5-6H2. The van der Waals surface area contributed by atoms with Crippen LogP contribution in [0.5, 0.6) is 5.75 Å². The van der Waals surface area contributed by atoms with E-state index in [4.69, 9.17) is 16.3 Å². The van der Waals surface area contributed by atoms with E-state index in [1.807, 2.05) is 12.1 Å². The van der Waals surface area contributed by atoms with Gasteiger partial charge in [-0.05, 0) is 28.6 Å². The lowest BCUT2D eigenvalue weighted by Gasteiger charge is -2.09. The molecule has 3 rings (SSSR count). The minimum Gasteiger partial charge on any atom is -0.493 e. The van der Waals surface area contributed by atoms with E-state index in [0.29, 0.717) is 0 Å². The van der Waals surface area contributed by atoms with Gasteiger partial charge in [0.15, 0.2) is 0 Å². The number of alkyl halides is 1. The largest absolute Gasteiger partial charge is 0.493 e. The molecular weight excluding hydrogens is 240 g/mol. The summed E-state index contributed by atoms with van der Waals surface area (Å²) < 4.78 is 5.48. The fourth-order valence-electron chi connectivity index (χ4n) is 1.96. The molecule has 0 aliphatic carbocycles. The fraction of sp³-hybridized carbons (Fsp3) is 0.231. The van der Waals surface area contributed by atoms with Crippen LogP contribution in [0.1, 0.15) is 21.4 Å². The molecule has 1 aliphatic heterocycles. The first kappa shape index (κ1) is 10.2. The Morgan fingerprint density at radius 2 is 2.25 bits per heavy atom. The van der Waals surface area contributed by atoms with Crippen LogP contribution in [-0.4, -0.2) is 6.61 Å². The molecule has 1 aliphatic rings. The van der Waals surface area contributed by atoms with Gasteiger partial charge in [0.2, 0.25) is 0 Å². The molecule has 0 saturated carbocycles. The Labute approximate surface area is 104 Å². The SMILES string of the molecule is ClC(c1ccc2c(c1)CCO2)c1cccs1. The van der Waals surface area contributed by atoms with E-state index in [0.717, 1.165) is 24.3 Å². The Bertz CT molecular complexity index is 493. The number of ether oxygens (including phenoxy) is 1. The molecule has 1 aromatic carbocycles. The molecular formula is C13H11ClOS. The van der Waals surface area contributed by atoms with Crippen molar-refractivity contribution in [3.8, 4) is 5.75 Å². The molecule has 1 nitrogen and oxygen atoms in total. The van der Waals surface area contributed by atoms with Crippen LogP contribution in [0.15, 0.2) is 35.7 Å². The second-order valence-electron chi connectivity index (χ2n) is 3.84. The molecule has 2 heterocycles. The summed E-state index contributed by atoms with van der Waals surface area (Å²) in [5.74, 6) is 1.01. The zero-order valence-corrected chi connectivity index (χ0v) is 10.2. The van der Waals surface area contributed by atoms with Crippen LogP contribution in [0.2, 0.25) is 0 Å². The molecule has 16 heavy (non-hydrogen) atoms. The van der Waals surface area contributed by atoms with Crippen molar-refractivity contribution in [1.29, 1.82) is 0 Å². The number of fused-ring (bicyclic) bond motifs is 1. The summed E-state index contributed by atoms with van der Waals surface area (Å²) in [4.78, 5) is 1.19. The third kappa shape index (κ3) is 1.72. The van der Waals surface area contributed by atoms with Crippen molar-refractivity contribution < 1.29 is 4.74 Å². The minimum absolute atomic E-state index is 0.0362. The first-order valence-electron chi connectivity index (χ1n) is 5.28. The molecule has 0 spiro atoms. The fourth-order valence-corrected chi connectivity index (χ4v) is 3.05. The van der Waals surface area contributed by atoms with Crippen LogP contribution in [0.25, 0.3) is 0 Å². The van der Waals surface area contributed by atoms with Crippen molar-refractivity contribution in [3.05, 3.63) is 51.7 Å². The molecule has 82 valence electrons. The Balaban J connectivity index is 1.95. The maximum atomic E-state index is 6.44. The first-order valence-corrected chi connectivity index (χ1v) is 6.59. The van der Waals surface area contributed by atoms with Gasteiger partial charge >= 0.3 is 0 Å². The summed E-state index contributed by atoms with van der Waals surface area (Å²) in [5, 5.41) is 2.02. The molecule has 1 aromatic heterocycles. The van der Waals surface area contributed by atoms with E-state index < -0.39 is 0 Å². The van der Waals surface area contributed by atoms with Crippen molar-refractivity contribution >= 4 is 22.9 Å². The third-order valence-electron chi connectivity index (χ3n) is 2.80. The summed E-state index contributed by atoms with van der Waals surface area (Å²) in [6, 6.07) is 10.4. The molecule has 0 N–H and O–H groups in total. The number of rotatable bonds is 2. The number of hydrogen-bond donors (Lipinski definition) is 0. The summed E-state index contributed by atoms with van der Waals surface area (Å²) in [5.41, 5.74) is 2.44. The number of hydrogen-bond acceptors (Lipinski definition) is 2. The summed E-state index contributed by atoms with van der Waals surface area (Å²) in [6.45, 7) is 0.796. The predicted molar refractivity (Wildman–Crippen MR) is 67.7 cm³/mol. The summed E-state index contributed by atoms with van der Waals surface area (Å²) in [7, 11) is 0. The minimum atomic E-state index is -0.0362. The van der Waals surface area contributed by atoms with E-state index in [1.165, 1.54) is 10.4 Å². The van der Waals surface area contributed by atoms with Gasteiger partial charge in [-0.2, -0.15) is 0 Å². The maximum Gasteiger partial charge on any atom is 0.122 e. The molecule has 1 atom stereocenters. The van der Waals surface area contributed by atoms with Gasteiger partial charge in [0, 0.05) is 11.3 Å². The van der Waals surface area contributed by atoms with Gasteiger partial charge in [0.05, 0.1) is 12.0 Å². The average molecular weight is 251 g/mol. The van der Waals surface area contributed by atoms with E-state index in [1.54, 1.807) is 11.3 Å². The third-order valence-corrected chi connectivity index (χ3v) is 4.35. The molecule has 3 heteroatoms. The highest BCUT2D eigenvalue weighted by molar-refractivity contribution is 7.10. The Morgan fingerprint density at radius 1 is 1.31 bits per heavy atom. The van der Waals surface area contributed by atoms with Crippen LogP contribution in [0.3, 0.4) is 0 Å². The summed E-state index contributed by atoms with van der Waals surface area (Å²) >= 11 is 8.14. The van der Waals surface area contributed by atoms with Crippen LogP contribution >= 0.6 is 22.9 Å². The van der Waals surface area contributed by atoms with Gasteiger partial charge in [-0.15, -0.1) is 22.9 Å². The second-order valence-corrected chi connectivity index (χ2v) is 5.26. The summed E-state index contributed by atoms with van der Waals surface area (Å²) in [6.07, 6.45) is 0.997. The van der Waals surface area contributed by atoms with E-state index in [2.05, 4.69) is 23.6 Å². The van der Waals surface area contributed by atoms with Crippen molar-refractivity contribution in [2.45, 2.75) is 11.8 Å². The van der Waals surface area contributed by atoms with E-state index in [9.17, 15) is 0 Å². The zero-order chi connectivity index (χ0) is 11.0. The Hall–Kier alpha value is -0.990. The van der Waals surface area contributed by atoms with E-state index in [-0.39, 0.29) is 5.38 Å². The van der Waals surface area contributed by atoms with Gasteiger partial charge < -0.3 is 4.74 Å². The molecule has 2 aromatic rings. The topological polar surface area (TPSA) is 9.23 Å². The lowest BCUT2D eigenvalue weighted by Crippen LogP contribution is -1.91. The number of halogens is 1. The molecule has 0 amide bonds. The smallest absolute Gasteiger partial charge is 0.122 e. The van der Waals surface area contributed by atoms with Crippen molar-refractivity contribution in [2.24, 2.45) is 0 Å². The Morgan fingerprint density at radius 3 is 3.06 bits per heavy atom. The van der Waals surface area contributed by atoms with Gasteiger partial charge in [0.1, 0.15) is 5.75 Å². The van der Waals surface area contributed by atoms with Gasteiger partial charge in [-0.25, -0.2) is 0 Å². The lowest BCUT2D eigenvalue weighted by atomic mass is 10.1. The quantitative estimate of drug-likeness (QED) is 0.732. The van der Waals surface area contributed by atoms with Crippen molar-refractivity contribution in [2.75, 3.05) is 6.61 Å². The highest BCUT2D eigenvalue weighted by atomic mass is 35.5. The van der Waals surface area contributed by atoms with Crippen molar-refractivity contribution in [3.63, 3.8) is 0 Å². The predicted octanol–water partition coefficient (Wildman–Crippen LogP) is 4.01. The molecule has 0 bridgehead atoms. The van der Waals surface area contributed by atoms with Gasteiger partial charge in [-0.1, -0.05) is 18.2 Å². The molecule has 0 fully saturated rings. The van der Waals surface area contributed by atoms with Crippen LogP contribution in [-0.2, 0) is 6.42 Å². The second kappa shape index (κ2) is 4.11. The normalized spacial score (nSPS) is 15.6. The highest BCUT2D eigenvalue weighted by Gasteiger charge is 2.17. The number of thiophene rings is 1. The van der Waals surface area contributed by atoms with Gasteiger partial charge in [-0.3, -0.25) is 0 Å². The highest BCUT2D eigenvalue weighted by Crippen LogP contribution is 2.35. The average Bonchev–Trinajstić information content (AvgIpc) is 2.98. The number of benzene rings is 1. The van der Waals surface area contributed by atoms with Crippen LogP contribution < -0.4 is 4.74 Å². The van der Waals surface area contributed by atoms with Crippen LogP contribution in [0.4, 0.5) is 0 Å². The van der Waals surface area contributed by atoms with Crippen LogP contribution in [0, 0.1) is 0 Å². The van der Waals surface area contributed by atoms with E-state index >= 15 is 0 Å². The zero-order valence-electron chi connectivity index (χ0n) is 8.65.